The molecular weight excluding hydrogens is 286 g/mol. The average molecular weight is 305 g/mol. The van der Waals surface area contributed by atoms with Gasteiger partial charge in [0.25, 0.3) is 0 Å². The van der Waals surface area contributed by atoms with Crippen LogP contribution in [-0.4, -0.2) is 36.7 Å². The summed E-state index contributed by atoms with van der Waals surface area (Å²) < 4.78 is 1.90. The molecule has 0 atom stereocenters. The number of nitrogens with one attached hydrogen (secondary N) is 1. The molecule has 2 aromatic rings. The van der Waals surface area contributed by atoms with Crippen molar-refractivity contribution in [2.75, 3.05) is 11.9 Å². The zero-order valence-electron chi connectivity index (χ0n) is 12.3. The monoisotopic (exact) mass is 305 g/mol. The van der Waals surface area contributed by atoms with E-state index in [0.29, 0.717) is 6.04 Å². The SMILES string of the molecule is CCCNc1cc(Sc2nnnn2C2CC2)nc(CC)n1. The van der Waals surface area contributed by atoms with Crippen LogP contribution < -0.4 is 5.32 Å². The standard InChI is InChI=1S/C13H19N7S/c1-3-7-14-11-8-12(16-10(4-2)15-11)21-13-17-18-19-20(13)9-5-6-9/h8-9H,3-7H2,1-2H3,(H,14,15,16). The van der Waals surface area contributed by atoms with Gasteiger partial charge in [-0.05, 0) is 41.5 Å². The topological polar surface area (TPSA) is 81.4 Å². The Balaban J connectivity index is 1.81. The summed E-state index contributed by atoms with van der Waals surface area (Å²) in [4.78, 5) is 9.05. The molecule has 7 nitrogen and oxygen atoms in total. The molecule has 0 saturated heterocycles. The Kier molecular flexibility index (Phi) is 4.33. The summed E-state index contributed by atoms with van der Waals surface area (Å²) in [5.74, 6) is 1.71. The minimum absolute atomic E-state index is 0.465. The fraction of sp³-hybridized carbons (Fsp3) is 0.615. The third kappa shape index (κ3) is 3.49. The highest BCUT2D eigenvalue weighted by Gasteiger charge is 2.28. The maximum Gasteiger partial charge on any atom is 0.215 e. The Labute approximate surface area is 127 Å². The van der Waals surface area contributed by atoms with Crippen LogP contribution in [0.25, 0.3) is 0 Å². The van der Waals surface area contributed by atoms with E-state index in [-0.39, 0.29) is 0 Å². The van der Waals surface area contributed by atoms with Crippen LogP contribution in [0, 0.1) is 0 Å². The summed E-state index contributed by atoms with van der Waals surface area (Å²) in [5.41, 5.74) is 0. The van der Waals surface area contributed by atoms with Gasteiger partial charge in [0.1, 0.15) is 16.7 Å². The van der Waals surface area contributed by atoms with Gasteiger partial charge in [-0.25, -0.2) is 14.6 Å². The first-order valence-corrected chi connectivity index (χ1v) is 8.19. The fourth-order valence-corrected chi connectivity index (χ4v) is 2.79. The highest BCUT2D eigenvalue weighted by atomic mass is 32.2. The van der Waals surface area contributed by atoms with Crippen LogP contribution in [0.5, 0.6) is 0 Å². The van der Waals surface area contributed by atoms with Crippen LogP contribution in [0.2, 0.25) is 0 Å². The van der Waals surface area contributed by atoms with E-state index in [1.165, 1.54) is 11.8 Å². The van der Waals surface area contributed by atoms with E-state index in [1.54, 1.807) is 0 Å². The van der Waals surface area contributed by atoms with Crippen molar-refractivity contribution in [1.82, 2.24) is 30.2 Å². The lowest BCUT2D eigenvalue weighted by Gasteiger charge is -2.08. The molecule has 21 heavy (non-hydrogen) atoms. The van der Waals surface area contributed by atoms with E-state index in [9.17, 15) is 0 Å². The van der Waals surface area contributed by atoms with Crippen molar-refractivity contribution in [3.8, 4) is 0 Å². The first-order chi connectivity index (χ1) is 10.3. The lowest BCUT2D eigenvalue weighted by Crippen LogP contribution is -2.06. The van der Waals surface area contributed by atoms with Crippen molar-refractivity contribution in [2.24, 2.45) is 0 Å². The summed E-state index contributed by atoms with van der Waals surface area (Å²) in [7, 11) is 0. The molecule has 2 aromatic heterocycles. The van der Waals surface area contributed by atoms with Gasteiger partial charge in [0, 0.05) is 19.0 Å². The molecule has 1 saturated carbocycles. The second-order valence-corrected chi connectivity index (χ2v) is 6.01. The predicted molar refractivity (Wildman–Crippen MR) is 80.4 cm³/mol. The van der Waals surface area contributed by atoms with Gasteiger partial charge >= 0.3 is 0 Å². The number of nitrogens with zero attached hydrogens (tertiary/aromatic N) is 6. The number of rotatable bonds is 7. The molecule has 0 unspecified atom stereocenters. The molecule has 0 amide bonds. The van der Waals surface area contributed by atoms with Crippen LogP contribution in [0.3, 0.4) is 0 Å². The van der Waals surface area contributed by atoms with Crippen molar-refractivity contribution in [3.63, 3.8) is 0 Å². The van der Waals surface area contributed by atoms with Gasteiger partial charge in [0.15, 0.2) is 0 Å². The van der Waals surface area contributed by atoms with Gasteiger partial charge in [-0.1, -0.05) is 13.8 Å². The van der Waals surface area contributed by atoms with E-state index in [2.05, 4.69) is 44.7 Å². The molecule has 0 bridgehead atoms. The quantitative estimate of drug-likeness (QED) is 0.786. The molecule has 112 valence electrons. The summed E-state index contributed by atoms with van der Waals surface area (Å²) in [6.07, 6.45) is 4.19. The largest absolute Gasteiger partial charge is 0.370 e. The molecule has 3 rings (SSSR count). The van der Waals surface area contributed by atoms with Crippen LogP contribution in [0.4, 0.5) is 5.82 Å². The molecule has 0 spiro atoms. The third-order valence-corrected chi connectivity index (χ3v) is 4.04. The Morgan fingerprint density at radius 3 is 2.90 bits per heavy atom. The van der Waals surface area contributed by atoms with Crippen molar-refractivity contribution in [1.29, 1.82) is 0 Å². The van der Waals surface area contributed by atoms with Crippen LogP contribution in [0.15, 0.2) is 16.2 Å². The normalized spacial score (nSPS) is 14.4. The first-order valence-electron chi connectivity index (χ1n) is 7.37. The smallest absolute Gasteiger partial charge is 0.215 e. The molecular formula is C13H19N7S. The lowest BCUT2D eigenvalue weighted by atomic mass is 10.4. The van der Waals surface area contributed by atoms with E-state index in [4.69, 9.17) is 0 Å². The Morgan fingerprint density at radius 2 is 2.19 bits per heavy atom. The van der Waals surface area contributed by atoms with Crippen LogP contribution in [0.1, 0.15) is 45.0 Å². The van der Waals surface area contributed by atoms with Crippen LogP contribution >= 0.6 is 11.8 Å². The van der Waals surface area contributed by atoms with E-state index in [0.717, 1.165) is 54.1 Å². The molecule has 1 fully saturated rings. The highest BCUT2D eigenvalue weighted by Crippen LogP contribution is 2.37. The van der Waals surface area contributed by atoms with Crippen molar-refractivity contribution in [2.45, 2.75) is 55.8 Å². The Morgan fingerprint density at radius 1 is 1.33 bits per heavy atom. The summed E-state index contributed by atoms with van der Waals surface area (Å²) in [6.45, 7) is 5.10. The number of tetrazole rings is 1. The van der Waals surface area contributed by atoms with Gasteiger partial charge < -0.3 is 5.32 Å². The average Bonchev–Trinajstić information content (AvgIpc) is 3.25. The molecule has 1 aliphatic rings. The number of hydrogen-bond donors (Lipinski definition) is 1. The van der Waals surface area contributed by atoms with E-state index >= 15 is 0 Å². The fourth-order valence-electron chi connectivity index (χ4n) is 1.92. The molecule has 0 aromatic carbocycles. The third-order valence-electron chi connectivity index (χ3n) is 3.17. The van der Waals surface area contributed by atoms with Gasteiger partial charge in [0.05, 0.1) is 6.04 Å². The lowest BCUT2D eigenvalue weighted by molar-refractivity contribution is 0.565. The summed E-state index contributed by atoms with van der Waals surface area (Å²) in [5, 5.41) is 17.0. The first kappa shape index (κ1) is 14.2. The van der Waals surface area contributed by atoms with Crippen LogP contribution in [-0.2, 0) is 6.42 Å². The maximum atomic E-state index is 4.56. The van der Waals surface area contributed by atoms with Gasteiger partial charge in [-0.3, -0.25) is 0 Å². The molecule has 1 N–H and O–H groups in total. The van der Waals surface area contributed by atoms with Gasteiger partial charge in [-0.2, -0.15) is 0 Å². The van der Waals surface area contributed by atoms with Gasteiger partial charge in [-0.15, -0.1) is 5.10 Å². The minimum atomic E-state index is 0.465. The molecule has 2 heterocycles. The zero-order chi connectivity index (χ0) is 14.7. The Hall–Kier alpha value is -1.70. The van der Waals surface area contributed by atoms with Crippen molar-refractivity contribution < 1.29 is 0 Å². The number of aryl methyl sites for hydroxylation is 1. The molecule has 0 radical (unpaired) electrons. The predicted octanol–water partition coefficient (Wildman–Crippen LogP) is 2.33. The van der Waals surface area contributed by atoms with E-state index < -0.39 is 0 Å². The van der Waals surface area contributed by atoms with Gasteiger partial charge in [0.2, 0.25) is 5.16 Å². The maximum absolute atomic E-state index is 4.56. The number of aromatic nitrogens is 6. The van der Waals surface area contributed by atoms with Crippen molar-refractivity contribution >= 4 is 17.6 Å². The number of hydrogen-bond acceptors (Lipinski definition) is 7. The minimum Gasteiger partial charge on any atom is -0.370 e. The number of anilines is 1. The summed E-state index contributed by atoms with van der Waals surface area (Å²) in [6, 6.07) is 2.43. The second kappa shape index (κ2) is 6.38. The molecule has 0 aliphatic heterocycles. The zero-order valence-corrected chi connectivity index (χ0v) is 13.1. The Bertz CT molecular complexity index is 608. The summed E-state index contributed by atoms with van der Waals surface area (Å²) >= 11 is 1.50. The van der Waals surface area contributed by atoms with Crippen molar-refractivity contribution in [3.05, 3.63) is 11.9 Å². The molecule has 1 aliphatic carbocycles. The second-order valence-electron chi connectivity index (χ2n) is 5.03. The highest BCUT2D eigenvalue weighted by molar-refractivity contribution is 7.99. The molecule has 8 heteroatoms. The van der Waals surface area contributed by atoms with E-state index in [1.807, 2.05) is 10.7 Å².